The second-order valence-corrected chi connectivity index (χ2v) is 5.77. The van der Waals surface area contributed by atoms with E-state index in [0.717, 1.165) is 18.9 Å². The van der Waals surface area contributed by atoms with Gasteiger partial charge in [-0.25, -0.2) is 9.67 Å². The zero-order chi connectivity index (χ0) is 14.5. The van der Waals surface area contributed by atoms with Gasteiger partial charge in [-0.1, -0.05) is 52.0 Å². The molecule has 1 N–H and O–H groups in total. The third-order valence-corrected chi connectivity index (χ3v) is 3.34. The fourth-order valence-electron chi connectivity index (χ4n) is 2.03. The Hall–Kier alpha value is -1.68. The largest absolute Gasteiger partial charge is 0.308 e. The summed E-state index contributed by atoms with van der Waals surface area (Å²) in [6, 6.07) is 9.20. The quantitative estimate of drug-likeness (QED) is 0.879. The van der Waals surface area contributed by atoms with E-state index in [0.29, 0.717) is 12.0 Å². The molecule has 4 heteroatoms. The fraction of sp³-hybridized carbons (Fsp3) is 0.500. The SMILES string of the molecule is CC(C)NCc1ncnn1Cc1ccc(C(C)C)cc1. The minimum atomic E-state index is 0.450. The first-order valence-electron chi connectivity index (χ1n) is 7.25. The molecular weight excluding hydrogens is 248 g/mol. The standard InChI is InChI=1S/C16H24N4/c1-12(2)15-7-5-14(6-8-15)10-20-16(18-11-19-20)9-17-13(3)4/h5-8,11-13,17H,9-10H2,1-4H3. The summed E-state index contributed by atoms with van der Waals surface area (Å²) in [6.07, 6.45) is 1.62. The summed E-state index contributed by atoms with van der Waals surface area (Å²) >= 11 is 0. The summed E-state index contributed by atoms with van der Waals surface area (Å²) in [7, 11) is 0. The number of hydrogen-bond acceptors (Lipinski definition) is 3. The Bertz CT molecular complexity index is 526. The second-order valence-electron chi connectivity index (χ2n) is 5.77. The van der Waals surface area contributed by atoms with Crippen LogP contribution in [0.4, 0.5) is 0 Å². The van der Waals surface area contributed by atoms with Crippen LogP contribution in [0.1, 0.15) is 50.6 Å². The topological polar surface area (TPSA) is 42.7 Å². The second kappa shape index (κ2) is 6.66. The number of nitrogens with one attached hydrogen (secondary N) is 1. The first-order valence-corrected chi connectivity index (χ1v) is 7.25. The van der Waals surface area contributed by atoms with Gasteiger partial charge in [0.2, 0.25) is 0 Å². The molecule has 0 saturated carbocycles. The van der Waals surface area contributed by atoms with Gasteiger partial charge >= 0.3 is 0 Å². The molecule has 20 heavy (non-hydrogen) atoms. The maximum absolute atomic E-state index is 4.32. The van der Waals surface area contributed by atoms with Gasteiger partial charge in [0.15, 0.2) is 0 Å². The van der Waals surface area contributed by atoms with Crippen LogP contribution in [0.15, 0.2) is 30.6 Å². The van der Waals surface area contributed by atoms with Crippen LogP contribution in [0.2, 0.25) is 0 Å². The highest BCUT2D eigenvalue weighted by molar-refractivity contribution is 5.24. The van der Waals surface area contributed by atoms with E-state index in [1.54, 1.807) is 6.33 Å². The predicted molar refractivity (Wildman–Crippen MR) is 81.6 cm³/mol. The summed E-state index contributed by atoms with van der Waals surface area (Å²) in [6.45, 7) is 10.2. The third-order valence-electron chi connectivity index (χ3n) is 3.34. The average Bonchev–Trinajstić information content (AvgIpc) is 2.84. The van der Waals surface area contributed by atoms with Crippen molar-refractivity contribution in [3.05, 3.63) is 47.5 Å². The van der Waals surface area contributed by atoms with Gasteiger partial charge in [0, 0.05) is 6.04 Å². The molecule has 0 saturated heterocycles. The van der Waals surface area contributed by atoms with Crippen LogP contribution >= 0.6 is 0 Å². The Morgan fingerprint density at radius 3 is 2.40 bits per heavy atom. The summed E-state index contributed by atoms with van der Waals surface area (Å²) in [5.74, 6) is 1.55. The molecule has 0 fully saturated rings. The van der Waals surface area contributed by atoms with Crippen LogP contribution in [0.3, 0.4) is 0 Å². The van der Waals surface area contributed by atoms with E-state index in [1.165, 1.54) is 11.1 Å². The lowest BCUT2D eigenvalue weighted by Crippen LogP contribution is -2.24. The van der Waals surface area contributed by atoms with Crippen LogP contribution < -0.4 is 5.32 Å². The molecule has 0 aliphatic rings. The van der Waals surface area contributed by atoms with Gasteiger partial charge in [-0.05, 0) is 17.0 Å². The Morgan fingerprint density at radius 2 is 1.80 bits per heavy atom. The lowest BCUT2D eigenvalue weighted by molar-refractivity contribution is 0.539. The molecule has 0 spiro atoms. The maximum atomic E-state index is 4.32. The fourth-order valence-corrected chi connectivity index (χ4v) is 2.03. The minimum absolute atomic E-state index is 0.450. The highest BCUT2D eigenvalue weighted by Crippen LogP contribution is 2.15. The molecule has 4 nitrogen and oxygen atoms in total. The highest BCUT2D eigenvalue weighted by atomic mass is 15.3. The van der Waals surface area contributed by atoms with Crippen molar-refractivity contribution in [2.75, 3.05) is 0 Å². The van der Waals surface area contributed by atoms with Gasteiger partial charge in [0.25, 0.3) is 0 Å². The molecule has 0 atom stereocenters. The highest BCUT2D eigenvalue weighted by Gasteiger charge is 2.06. The molecule has 1 aromatic heterocycles. The molecule has 1 heterocycles. The molecule has 108 valence electrons. The van der Waals surface area contributed by atoms with E-state index in [4.69, 9.17) is 0 Å². The predicted octanol–water partition coefficient (Wildman–Crippen LogP) is 2.95. The first-order chi connectivity index (χ1) is 9.56. The normalized spacial score (nSPS) is 11.5. The smallest absolute Gasteiger partial charge is 0.141 e. The monoisotopic (exact) mass is 272 g/mol. The summed E-state index contributed by atoms with van der Waals surface area (Å²) in [4.78, 5) is 4.32. The van der Waals surface area contributed by atoms with Crippen LogP contribution in [-0.2, 0) is 13.1 Å². The van der Waals surface area contributed by atoms with E-state index >= 15 is 0 Å². The molecule has 2 rings (SSSR count). The summed E-state index contributed by atoms with van der Waals surface area (Å²) in [5, 5.41) is 7.69. The molecule has 0 aliphatic heterocycles. The van der Waals surface area contributed by atoms with E-state index in [9.17, 15) is 0 Å². The number of aromatic nitrogens is 3. The van der Waals surface area contributed by atoms with Gasteiger partial charge in [-0.2, -0.15) is 5.10 Å². The van der Waals surface area contributed by atoms with Crippen molar-refractivity contribution in [1.82, 2.24) is 20.1 Å². The van der Waals surface area contributed by atoms with Gasteiger partial charge in [0.05, 0.1) is 13.1 Å². The van der Waals surface area contributed by atoms with Crippen molar-refractivity contribution in [2.45, 2.75) is 52.7 Å². The number of hydrogen-bond donors (Lipinski definition) is 1. The van der Waals surface area contributed by atoms with Gasteiger partial charge in [-0.3, -0.25) is 0 Å². The third kappa shape index (κ3) is 3.90. The summed E-state index contributed by atoms with van der Waals surface area (Å²) in [5.41, 5.74) is 2.62. The molecule has 0 radical (unpaired) electrons. The molecule has 0 bridgehead atoms. The Morgan fingerprint density at radius 1 is 1.10 bits per heavy atom. The Kier molecular flexibility index (Phi) is 4.90. The van der Waals surface area contributed by atoms with Crippen molar-refractivity contribution in [3.8, 4) is 0 Å². The lowest BCUT2D eigenvalue weighted by atomic mass is 10.0. The molecule has 0 amide bonds. The number of rotatable bonds is 6. The number of benzene rings is 1. The molecule has 2 aromatic rings. The molecular formula is C16H24N4. The van der Waals surface area contributed by atoms with Crippen LogP contribution in [0.25, 0.3) is 0 Å². The van der Waals surface area contributed by atoms with Crippen molar-refractivity contribution >= 4 is 0 Å². The Balaban J connectivity index is 2.04. The molecule has 0 unspecified atom stereocenters. The van der Waals surface area contributed by atoms with Gasteiger partial charge in [0.1, 0.15) is 12.2 Å². The van der Waals surface area contributed by atoms with Crippen LogP contribution in [0, 0.1) is 0 Å². The van der Waals surface area contributed by atoms with E-state index in [1.807, 2.05) is 4.68 Å². The first kappa shape index (κ1) is 14.7. The van der Waals surface area contributed by atoms with Crippen molar-refractivity contribution in [2.24, 2.45) is 0 Å². The summed E-state index contributed by atoms with van der Waals surface area (Å²) < 4.78 is 1.96. The molecule has 1 aromatic carbocycles. The zero-order valence-corrected chi connectivity index (χ0v) is 12.8. The van der Waals surface area contributed by atoms with Crippen molar-refractivity contribution in [1.29, 1.82) is 0 Å². The maximum Gasteiger partial charge on any atom is 0.141 e. The van der Waals surface area contributed by atoms with Gasteiger partial charge < -0.3 is 5.32 Å². The van der Waals surface area contributed by atoms with Crippen LogP contribution in [0.5, 0.6) is 0 Å². The number of nitrogens with zero attached hydrogens (tertiary/aromatic N) is 3. The van der Waals surface area contributed by atoms with E-state index < -0.39 is 0 Å². The molecule has 0 aliphatic carbocycles. The van der Waals surface area contributed by atoms with E-state index in [-0.39, 0.29) is 0 Å². The van der Waals surface area contributed by atoms with Crippen molar-refractivity contribution < 1.29 is 0 Å². The Labute approximate surface area is 121 Å². The van der Waals surface area contributed by atoms with Gasteiger partial charge in [-0.15, -0.1) is 0 Å². The zero-order valence-electron chi connectivity index (χ0n) is 12.8. The van der Waals surface area contributed by atoms with Crippen LogP contribution in [-0.4, -0.2) is 20.8 Å². The average molecular weight is 272 g/mol. The van der Waals surface area contributed by atoms with E-state index in [2.05, 4.69) is 67.4 Å². The lowest BCUT2D eigenvalue weighted by Gasteiger charge is -2.10. The van der Waals surface area contributed by atoms with Crippen molar-refractivity contribution in [3.63, 3.8) is 0 Å². The minimum Gasteiger partial charge on any atom is -0.308 e.